The van der Waals surface area contributed by atoms with Crippen molar-refractivity contribution >= 4 is 17.9 Å². The van der Waals surface area contributed by atoms with Gasteiger partial charge in [0.25, 0.3) is 0 Å². The lowest BCUT2D eigenvalue weighted by Gasteiger charge is -2.25. The van der Waals surface area contributed by atoms with E-state index in [0.717, 1.165) is 31.2 Å². The molecule has 0 saturated carbocycles. The highest BCUT2D eigenvalue weighted by molar-refractivity contribution is 5.88. The van der Waals surface area contributed by atoms with Crippen molar-refractivity contribution in [2.45, 2.75) is 56.7 Å². The van der Waals surface area contributed by atoms with Gasteiger partial charge in [0.1, 0.15) is 0 Å². The van der Waals surface area contributed by atoms with Crippen LogP contribution in [0.4, 0.5) is 13.2 Å². The first-order valence-corrected chi connectivity index (χ1v) is 11.6. The minimum Gasteiger partial charge on any atom is -0.481 e. The number of rotatable bonds is 11. The first-order chi connectivity index (χ1) is 17.8. The van der Waals surface area contributed by atoms with Crippen molar-refractivity contribution < 1.29 is 52.7 Å². The molecule has 1 saturated heterocycles. The minimum atomic E-state index is -4.32. The summed E-state index contributed by atoms with van der Waals surface area (Å²) in [5.74, 6) is -5.02. The number of carbonyl (C=O) groups is 3. The molecule has 1 aliphatic rings. The molecule has 1 unspecified atom stereocenters. The molecule has 208 valence electrons. The van der Waals surface area contributed by atoms with Crippen molar-refractivity contribution in [1.82, 2.24) is 9.88 Å². The number of hydrogen-bond donors (Lipinski definition) is 4. The van der Waals surface area contributed by atoms with Gasteiger partial charge in [-0.15, -0.1) is 0 Å². The average molecular weight is 543 g/mol. The number of pyridine rings is 1. The van der Waals surface area contributed by atoms with Gasteiger partial charge in [0.15, 0.2) is 5.60 Å². The third kappa shape index (κ3) is 10.4. The van der Waals surface area contributed by atoms with E-state index in [9.17, 15) is 27.6 Å². The molecule has 10 nitrogen and oxygen atoms in total. The number of carboxylic acid groups (broad SMARTS) is 3. The third-order valence-electron chi connectivity index (χ3n) is 5.54. The predicted molar refractivity (Wildman–Crippen MR) is 126 cm³/mol. The molecule has 0 aliphatic carbocycles. The molecule has 3 rings (SSSR count). The van der Waals surface area contributed by atoms with Crippen LogP contribution < -0.4 is 0 Å². The van der Waals surface area contributed by atoms with E-state index in [2.05, 4.69) is 9.88 Å². The number of benzene rings is 1. The maximum Gasteiger partial charge on any atom is 0.416 e. The zero-order valence-electron chi connectivity index (χ0n) is 20.3. The molecule has 13 heteroatoms. The quantitative estimate of drug-likeness (QED) is 0.333. The van der Waals surface area contributed by atoms with Crippen molar-refractivity contribution in [2.24, 2.45) is 0 Å². The van der Waals surface area contributed by atoms with Gasteiger partial charge in [-0.05, 0) is 36.6 Å². The lowest BCUT2D eigenvalue weighted by Crippen LogP contribution is -2.42. The van der Waals surface area contributed by atoms with Crippen LogP contribution in [0.3, 0.4) is 0 Å². The highest BCUT2D eigenvalue weighted by Gasteiger charge is 2.40. The second-order valence-electron chi connectivity index (χ2n) is 8.80. The van der Waals surface area contributed by atoms with Crippen molar-refractivity contribution in [2.75, 3.05) is 13.2 Å². The molecule has 38 heavy (non-hydrogen) atoms. The maximum atomic E-state index is 12.9. The Morgan fingerprint density at radius 2 is 1.68 bits per heavy atom. The topological polar surface area (TPSA) is 157 Å². The van der Waals surface area contributed by atoms with Crippen molar-refractivity contribution in [3.8, 4) is 0 Å². The molecule has 0 spiro atoms. The molecule has 4 N–H and O–H groups in total. The number of aliphatic carboxylic acids is 3. The Hall–Kier alpha value is -3.55. The summed E-state index contributed by atoms with van der Waals surface area (Å²) in [7, 11) is 0. The zero-order valence-corrected chi connectivity index (χ0v) is 20.3. The molecule has 0 bridgehead atoms. The number of halogens is 3. The molecule has 2 aromatic rings. The van der Waals surface area contributed by atoms with E-state index < -0.39 is 48.1 Å². The molecular weight excluding hydrogens is 513 g/mol. The molecule has 1 fully saturated rings. The molecule has 1 atom stereocenters. The summed E-state index contributed by atoms with van der Waals surface area (Å²) in [5, 5.41) is 33.8. The Bertz CT molecular complexity index is 1060. The fourth-order valence-electron chi connectivity index (χ4n) is 3.80. The van der Waals surface area contributed by atoms with Crippen LogP contribution in [0.15, 0.2) is 48.7 Å². The summed E-state index contributed by atoms with van der Waals surface area (Å²) in [6.07, 6.45) is -2.73. The van der Waals surface area contributed by atoms with Gasteiger partial charge in [0, 0.05) is 32.4 Å². The highest BCUT2D eigenvalue weighted by atomic mass is 19.4. The number of ether oxygens (including phenoxy) is 1. The van der Waals surface area contributed by atoms with Crippen LogP contribution in [0.25, 0.3) is 0 Å². The third-order valence-corrected chi connectivity index (χ3v) is 5.54. The van der Waals surface area contributed by atoms with Crippen LogP contribution in [-0.2, 0) is 38.4 Å². The van der Waals surface area contributed by atoms with E-state index in [1.165, 1.54) is 12.1 Å². The Morgan fingerprint density at radius 3 is 2.18 bits per heavy atom. The fourth-order valence-corrected chi connectivity index (χ4v) is 3.80. The predicted octanol–water partition coefficient (Wildman–Crippen LogP) is 3.03. The fraction of sp³-hybridized carbons (Fsp3) is 0.440. The zero-order chi connectivity index (χ0) is 28.3. The van der Waals surface area contributed by atoms with E-state index in [0.29, 0.717) is 25.2 Å². The second-order valence-corrected chi connectivity index (χ2v) is 8.80. The number of aliphatic hydroxyl groups is 1. The Balaban J connectivity index is 0.000000332. The summed E-state index contributed by atoms with van der Waals surface area (Å²) in [6, 6.07) is 11.2. The summed E-state index contributed by atoms with van der Waals surface area (Å²) in [6.45, 7) is 2.45. The average Bonchev–Trinajstić information content (AvgIpc) is 3.32. The van der Waals surface area contributed by atoms with Crippen molar-refractivity contribution in [1.29, 1.82) is 0 Å². The van der Waals surface area contributed by atoms with Gasteiger partial charge >= 0.3 is 24.1 Å². The van der Waals surface area contributed by atoms with Crippen LogP contribution >= 0.6 is 0 Å². The number of nitrogens with zero attached hydrogens (tertiary/aromatic N) is 2. The Morgan fingerprint density at radius 1 is 1.00 bits per heavy atom. The lowest BCUT2D eigenvalue weighted by atomic mass is 9.96. The van der Waals surface area contributed by atoms with Crippen LogP contribution in [0, 0.1) is 0 Å². The largest absolute Gasteiger partial charge is 0.481 e. The van der Waals surface area contributed by atoms with Crippen molar-refractivity contribution in [3.63, 3.8) is 0 Å². The van der Waals surface area contributed by atoms with Crippen LogP contribution in [0.2, 0.25) is 0 Å². The Kier molecular flexibility index (Phi) is 11.2. The SMILES string of the molecule is FC(F)(F)c1cccc(CN(Cc2ccccn2)CC2CCCO2)c1.O=C(O)CC(O)(CC(=O)O)C(=O)O. The van der Waals surface area contributed by atoms with Gasteiger partial charge < -0.3 is 25.2 Å². The monoisotopic (exact) mass is 542 g/mol. The van der Waals surface area contributed by atoms with E-state index >= 15 is 0 Å². The molecule has 2 heterocycles. The number of hydrogen-bond acceptors (Lipinski definition) is 7. The molecular formula is C25H29F3N2O8. The molecule has 0 amide bonds. The normalized spacial score (nSPS) is 15.6. The van der Waals surface area contributed by atoms with Gasteiger partial charge in [-0.2, -0.15) is 13.2 Å². The van der Waals surface area contributed by atoms with Gasteiger partial charge in [-0.3, -0.25) is 19.5 Å². The molecule has 0 radical (unpaired) electrons. The number of carboxylic acids is 3. The highest BCUT2D eigenvalue weighted by Crippen LogP contribution is 2.30. The summed E-state index contributed by atoms with van der Waals surface area (Å²) >= 11 is 0. The second kappa shape index (κ2) is 13.8. The Labute approximate surface area is 216 Å². The standard InChI is InChI=1S/C19H21F3N2O.C6H8O7/c20-19(21,22)16-6-3-5-15(11-16)12-24(14-18-8-4-10-25-18)13-17-7-1-2-9-23-17;7-3(8)1-6(13,5(11)12)2-4(9)10/h1-3,5-7,9,11,18H,4,8,10,12-14H2;13H,1-2H2,(H,7,8)(H,9,10)(H,11,12). The smallest absolute Gasteiger partial charge is 0.416 e. The van der Waals surface area contributed by atoms with Crippen LogP contribution in [0.5, 0.6) is 0 Å². The first kappa shape index (κ1) is 30.7. The van der Waals surface area contributed by atoms with E-state index in [1.54, 1.807) is 12.3 Å². The van der Waals surface area contributed by atoms with Crippen molar-refractivity contribution in [3.05, 3.63) is 65.5 Å². The van der Waals surface area contributed by atoms with E-state index in [4.69, 9.17) is 25.2 Å². The van der Waals surface area contributed by atoms with E-state index in [1.807, 2.05) is 18.2 Å². The van der Waals surface area contributed by atoms with E-state index in [-0.39, 0.29) is 6.10 Å². The first-order valence-electron chi connectivity index (χ1n) is 11.6. The van der Waals surface area contributed by atoms with Gasteiger partial charge in [0.05, 0.1) is 30.2 Å². The van der Waals surface area contributed by atoms with Crippen LogP contribution in [0.1, 0.15) is 42.5 Å². The maximum absolute atomic E-state index is 12.9. The van der Waals surface area contributed by atoms with Gasteiger partial charge in [0.2, 0.25) is 0 Å². The number of aromatic nitrogens is 1. The summed E-state index contributed by atoms with van der Waals surface area (Å²) < 4.78 is 44.5. The lowest BCUT2D eigenvalue weighted by molar-refractivity contribution is -0.170. The summed E-state index contributed by atoms with van der Waals surface area (Å²) in [4.78, 5) is 36.9. The molecule has 1 aromatic heterocycles. The van der Waals surface area contributed by atoms with Crippen LogP contribution in [-0.4, -0.2) is 73.1 Å². The minimum absolute atomic E-state index is 0.134. The van der Waals surface area contributed by atoms with Gasteiger partial charge in [-0.1, -0.05) is 24.3 Å². The van der Waals surface area contributed by atoms with Gasteiger partial charge in [-0.25, -0.2) is 4.79 Å². The molecule has 1 aromatic carbocycles. The summed E-state index contributed by atoms with van der Waals surface area (Å²) in [5.41, 5.74) is -1.81. The number of alkyl halides is 3. The molecule has 1 aliphatic heterocycles.